The fraction of sp³-hybridized carbons (Fsp3) is 0.682. The molecule has 2 aliphatic rings. The van der Waals surface area contributed by atoms with E-state index in [0.29, 0.717) is 30.5 Å². The van der Waals surface area contributed by atoms with Crippen LogP contribution >= 0.6 is 11.3 Å². The Labute approximate surface area is 186 Å². The number of piperidine rings is 1. The van der Waals surface area contributed by atoms with Crippen LogP contribution in [0.2, 0.25) is 0 Å². The number of aryl methyl sites for hydroxylation is 1. The van der Waals surface area contributed by atoms with Crippen LogP contribution in [0.4, 0.5) is 0 Å². The third-order valence-electron chi connectivity index (χ3n) is 6.40. The van der Waals surface area contributed by atoms with Crippen molar-refractivity contribution in [1.29, 1.82) is 0 Å². The van der Waals surface area contributed by atoms with Gasteiger partial charge < -0.3 is 14.7 Å². The molecule has 4 rings (SSSR count). The molecule has 31 heavy (non-hydrogen) atoms. The van der Waals surface area contributed by atoms with Gasteiger partial charge in [-0.25, -0.2) is 4.98 Å². The number of nitrogens with zero attached hydrogens (tertiary/aromatic N) is 4. The number of rotatable bonds is 6. The summed E-state index contributed by atoms with van der Waals surface area (Å²) in [6.45, 7) is 3.05. The van der Waals surface area contributed by atoms with Gasteiger partial charge in [0.05, 0.1) is 5.01 Å². The van der Waals surface area contributed by atoms with Crippen LogP contribution in [-0.2, 0) is 21.5 Å². The average molecular weight is 446 g/mol. The van der Waals surface area contributed by atoms with Crippen molar-refractivity contribution >= 4 is 23.2 Å². The summed E-state index contributed by atoms with van der Waals surface area (Å²) in [5.74, 6) is 1.38. The van der Waals surface area contributed by atoms with Crippen LogP contribution in [0.25, 0.3) is 0 Å². The molecule has 1 unspecified atom stereocenters. The third kappa shape index (κ3) is 5.31. The lowest BCUT2D eigenvalue weighted by molar-refractivity contribution is -0.132. The molecule has 1 N–H and O–H groups in total. The Bertz CT molecular complexity index is 874. The average Bonchev–Trinajstić information content (AvgIpc) is 3.42. The maximum atomic E-state index is 12.8. The molecule has 0 bridgehead atoms. The molecule has 168 valence electrons. The van der Waals surface area contributed by atoms with Crippen LogP contribution in [0.3, 0.4) is 0 Å². The second-order valence-electron chi connectivity index (χ2n) is 8.74. The van der Waals surface area contributed by atoms with E-state index in [1.165, 1.54) is 6.92 Å². The lowest BCUT2D eigenvalue weighted by atomic mass is 9.89. The molecule has 2 fully saturated rings. The topological polar surface area (TPSA) is 101 Å². The molecule has 0 aromatic carbocycles. The van der Waals surface area contributed by atoms with Crippen LogP contribution in [-0.4, -0.2) is 44.9 Å². The molecule has 1 saturated heterocycles. The van der Waals surface area contributed by atoms with Crippen LogP contribution in [0.5, 0.6) is 0 Å². The molecule has 8 nitrogen and oxygen atoms in total. The minimum Gasteiger partial charge on any atom is -0.343 e. The first kappa shape index (κ1) is 21.9. The van der Waals surface area contributed by atoms with E-state index in [1.807, 2.05) is 16.5 Å². The smallest absolute Gasteiger partial charge is 0.227 e. The van der Waals surface area contributed by atoms with Gasteiger partial charge in [0.1, 0.15) is 5.54 Å². The Morgan fingerprint density at radius 3 is 2.77 bits per heavy atom. The van der Waals surface area contributed by atoms with Gasteiger partial charge in [-0.15, -0.1) is 11.3 Å². The van der Waals surface area contributed by atoms with E-state index in [1.54, 1.807) is 11.3 Å². The standard InChI is InChI=1S/C22H31N5O3S/c1-16(28)25-22(10-4-2-3-5-11-22)21-24-18(30-26-21)8-9-19(29)27-13-6-7-17(15-27)20-23-12-14-31-20/h12,14,17H,2-11,13,15H2,1H3,(H,25,28). The summed E-state index contributed by atoms with van der Waals surface area (Å²) < 4.78 is 5.49. The molecule has 0 radical (unpaired) electrons. The number of hydrogen-bond donors (Lipinski definition) is 1. The van der Waals surface area contributed by atoms with Crippen LogP contribution < -0.4 is 5.32 Å². The monoisotopic (exact) mass is 445 g/mol. The zero-order valence-electron chi connectivity index (χ0n) is 18.1. The number of nitrogens with one attached hydrogen (secondary N) is 1. The van der Waals surface area contributed by atoms with E-state index < -0.39 is 5.54 Å². The molecule has 2 amide bonds. The molecule has 2 aromatic heterocycles. The van der Waals surface area contributed by atoms with Crippen molar-refractivity contribution in [2.75, 3.05) is 13.1 Å². The first-order valence-electron chi connectivity index (χ1n) is 11.3. The van der Waals surface area contributed by atoms with Crippen molar-refractivity contribution in [2.24, 2.45) is 0 Å². The van der Waals surface area contributed by atoms with Crippen molar-refractivity contribution in [3.05, 3.63) is 28.3 Å². The fourth-order valence-corrected chi connectivity index (χ4v) is 5.61. The van der Waals surface area contributed by atoms with Gasteiger partial charge in [-0.1, -0.05) is 30.8 Å². The lowest BCUT2D eigenvalue weighted by Gasteiger charge is -2.31. The fourth-order valence-electron chi connectivity index (χ4n) is 4.84. The minimum absolute atomic E-state index is 0.0803. The van der Waals surface area contributed by atoms with E-state index in [0.717, 1.165) is 69.5 Å². The zero-order chi connectivity index (χ0) is 21.7. The number of amides is 2. The van der Waals surface area contributed by atoms with Crippen LogP contribution in [0, 0.1) is 0 Å². The summed E-state index contributed by atoms with van der Waals surface area (Å²) >= 11 is 1.66. The van der Waals surface area contributed by atoms with Gasteiger partial charge in [0.2, 0.25) is 17.7 Å². The quantitative estimate of drug-likeness (QED) is 0.683. The van der Waals surface area contributed by atoms with E-state index >= 15 is 0 Å². The molecule has 3 heterocycles. The van der Waals surface area contributed by atoms with Crippen LogP contribution in [0.1, 0.15) is 87.4 Å². The van der Waals surface area contributed by atoms with Crippen molar-refractivity contribution < 1.29 is 14.1 Å². The highest BCUT2D eigenvalue weighted by atomic mass is 32.1. The third-order valence-corrected chi connectivity index (χ3v) is 7.33. The highest BCUT2D eigenvalue weighted by molar-refractivity contribution is 7.09. The molecule has 1 aliphatic heterocycles. The number of carbonyl (C=O) groups excluding carboxylic acids is 2. The number of carbonyl (C=O) groups is 2. The molecule has 1 aliphatic carbocycles. The van der Waals surface area contributed by atoms with Gasteiger partial charge in [-0.3, -0.25) is 9.59 Å². The normalized spacial score (nSPS) is 21.5. The molecule has 9 heteroatoms. The lowest BCUT2D eigenvalue weighted by Crippen LogP contribution is -2.45. The second kappa shape index (κ2) is 9.89. The SMILES string of the molecule is CC(=O)NC1(c2noc(CCC(=O)N3CCCC(c4nccs4)C3)n2)CCCCCC1. The van der Waals surface area contributed by atoms with Gasteiger partial charge in [0, 0.05) is 50.3 Å². The highest BCUT2D eigenvalue weighted by Gasteiger charge is 2.38. The minimum atomic E-state index is -0.554. The number of hydrogen-bond acceptors (Lipinski definition) is 7. The Morgan fingerprint density at radius 1 is 1.26 bits per heavy atom. The van der Waals surface area contributed by atoms with Crippen molar-refractivity contribution in [1.82, 2.24) is 25.3 Å². The summed E-state index contributed by atoms with van der Waals surface area (Å²) in [4.78, 5) is 35.6. The maximum Gasteiger partial charge on any atom is 0.227 e. The van der Waals surface area contributed by atoms with Crippen LogP contribution in [0.15, 0.2) is 16.1 Å². The Morgan fingerprint density at radius 2 is 2.06 bits per heavy atom. The molecule has 1 atom stereocenters. The summed E-state index contributed by atoms with van der Waals surface area (Å²) in [5, 5.41) is 10.4. The summed E-state index contributed by atoms with van der Waals surface area (Å²) in [6.07, 6.45) is 10.7. The first-order valence-corrected chi connectivity index (χ1v) is 12.2. The van der Waals surface area contributed by atoms with Gasteiger partial charge in [-0.2, -0.15) is 4.98 Å². The van der Waals surface area contributed by atoms with E-state index in [9.17, 15) is 9.59 Å². The predicted octanol–water partition coefficient (Wildman–Crippen LogP) is 3.55. The molecule has 2 aromatic rings. The van der Waals surface area contributed by atoms with Crippen molar-refractivity contribution in [2.45, 2.75) is 82.6 Å². The van der Waals surface area contributed by atoms with E-state index in [2.05, 4.69) is 20.4 Å². The van der Waals surface area contributed by atoms with Gasteiger partial charge in [0.15, 0.2) is 5.82 Å². The van der Waals surface area contributed by atoms with E-state index in [-0.39, 0.29) is 11.8 Å². The Balaban J connectivity index is 1.37. The van der Waals surface area contributed by atoms with Crippen molar-refractivity contribution in [3.63, 3.8) is 0 Å². The molecule has 0 spiro atoms. The Hall–Kier alpha value is -2.29. The molecular weight excluding hydrogens is 414 g/mol. The van der Waals surface area contributed by atoms with Crippen molar-refractivity contribution in [3.8, 4) is 0 Å². The predicted molar refractivity (Wildman–Crippen MR) is 116 cm³/mol. The molecular formula is C22H31N5O3S. The Kier molecular flexibility index (Phi) is 6.99. The van der Waals surface area contributed by atoms with E-state index in [4.69, 9.17) is 4.52 Å². The number of likely N-dealkylation sites (tertiary alicyclic amines) is 1. The largest absolute Gasteiger partial charge is 0.343 e. The summed E-state index contributed by atoms with van der Waals surface area (Å²) in [7, 11) is 0. The molecule has 1 saturated carbocycles. The van der Waals surface area contributed by atoms with Gasteiger partial charge in [-0.05, 0) is 25.7 Å². The second-order valence-corrected chi connectivity index (χ2v) is 9.66. The number of aromatic nitrogens is 3. The summed E-state index contributed by atoms with van der Waals surface area (Å²) in [5.41, 5.74) is -0.554. The highest BCUT2D eigenvalue weighted by Crippen LogP contribution is 2.35. The van der Waals surface area contributed by atoms with Gasteiger partial charge in [0.25, 0.3) is 0 Å². The zero-order valence-corrected chi connectivity index (χ0v) is 19.0. The van der Waals surface area contributed by atoms with Gasteiger partial charge >= 0.3 is 0 Å². The maximum absolute atomic E-state index is 12.8. The first-order chi connectivity index (χ1) is 15.1. The summed E-state index contributed by atoms with van der Waals surface area (Å²) in [6, 6.07) is 0. The number of thiazole rings is 1.